The largest absolute Gasteiger partial charge is 0.397 e. The third-order valence-electron chi connectivity index (χ3n) is 2.80. The van der Waals surface area contributed by atoms with E-state index in [0.717, 1.165) is 22.0 Å². The molecular formula is C11H15ClN2. The number of hydrogen-bond acceptors (Lipinski definition) is 2. The number of nitrogens with one attached hydrogen (secondary N) is 1. The number of aryl methyl sites for hydroxylation is 1. The van der Waals surface area contributed by atoms with Crippen LogP contribution in [0.5, 0.6) is 0 Å². The van der Waals surface area contributed by atoms with E-state index in [1.807, 2.05) is 19.1 Å². The van der Waals surface area contributed by atoms with Crippen molar-refractivity contribution in [2.75, 3.05) is 11.1 Å². The summed E-state index contributed by atoms with van der Waals surface area (Å²) in [6, 6.07) is 4.43. The van der Waals surface area contributed by atoms with E-state index in [1.165, 1.54) is 19.3 Å². The second-order valence-corrected chi connectivity index (χ2v) is 4.37. The molecule has 1 aliphatic carbocycles. The molecule has 0 unspecified atom stereocenters. The van der Waals surface area contributed by atoms with Gasteiger partial charge in [0.25, 0.3) is 0 Å². The van der Waals surface area contributed by atoms with Gasteiger partial charge in [-0.1, -0.05) is 11.6 Å². The summed E-state index contributed by atoms with van der Waals surface area (Å²) in [5.74, 6) is 0. The molecule has 14 heavy (non-hydrogen) atoms. The van der Waals surface area contributed by atoms with Crippen molar-refractivity contribution in [1.82, 2.24) is 0 Å². The molecule has 0 bridgehead atoms. The average molecular weight is 211 g/mol. The van der Waals surface area contributed by atoms with Crippen LogP contribution in [0.3, 0.4) is 0 Å². The molecule has 1 fully saturated rings. The maximum Gasteiger partial charge on any atom is 0.0591 e. The Balaban J connectivity index is 2.19. The minimum absolute atomic E-state index is 0.594. The molecule has 3 heteroatoms. The number of hydrogen-bond donors (Lipinski definition) is 2. The van der Waals surface area contributed by atoms with Crippen molar-refractivity contribution in [3.05, 3.63) is 22.7 Å². The number of benzene rings is 1. The van der Waals surface area contributed by atoms with Gasteiger partial charge in [0.1, 0.15) is 0 Å². The van der Waals surface area contributed by atoms with E-state index in [9.17, 15) is 0 Å². The second kappa shape index (κ2) is 3.70. The lowest BCUT2D eigenvalue weighted by Gasteiger charge is -2.28. The monoisotopic (exact) mass is 210 g/mol. The van der Waals surface area contributed by atoms with Crippen molar-refractivity contribution in [2.45, 2.75) is 32.2 Å². The SMILES string of the molecule is Cc1cc(N)c(NC2CCC2)cc1Cl. The molecule has 1 aromatic rings. The number of anilines is 2. The highest BCUT2D eigenvalue weighted by atomic mass is 35.5. The van der Waals surface area contributed by atoms with Crippen molar-refractivity contribution in [2.24, 2.45) is 0 Å². The zero-order valence-electron chi connectivity index (χ0n) is 8.31. The van der Waals surface area contributed by atoms with Crippen LogP contribution in [0.1, 0.15) is 24.8 Å². The number of rotatable bonds is 2. The quantitative estimate of drug-likeness (QED) is 0.736. The van der Waals surface area contributed by atoms with Gasteiger partial charge in [-0.3, -0.25) is 0 Å². The molecule has 0 aliphatic heterocycles. The van der Waals surface area contributed by atoms with Gasteiger partial charge in [0, 0.05) is 11.1 Å². The fourth-order valence-electron chi connectivity index (χ4n) is 1.60. The van der Waals surface area contributed by atoms with E-state index >= 15 is 0 Å². The van der Waals surface area contributed by atoms with E-state index in [1.54, 1.807) is 0 Å². The average Bonchev–Trinajstić information content (AvgIpc) is 2.06. The van der Waals surface area contributed by atoms with Crippen LogP contribution in [0.2, 0.25) is 5.02 Å². The maximum absolute atomic E-state index is 6.03. The zero-order chi connectivity index (χ0) is 10.1. The second-order valence-electron chi connectivity index (χ2n) is 3.96. The normalized spacial score (nSPS) is 16.4. The predicted molar refractivity (Wildman–Crippen MR) is 61.9 cm³/mol. The fraction of sp³-hybridized carbons (Fsp3) is 0.455. The first-order valence-corrected chi connectivity index (χ1v) is 5.37. The highest BCUT2D eigenvalue weighted by Crippen LogP contribution is 2.30. The number of nitrogens with two attached hydrogens (primary N) is 1. The number of halogens is 1. The maximum atomic E-state index is 6.03. The summed E-state index contributed by atoms with van der Waals surface area (Å²) in [7, 11) is 0. The lowest BCUT2D eigenvalue weighted by atomic mass is 9.93. The standard InChI is InChI=1S/C11H15ClN2/c1-7-5-10(13)11(6-9(7)12)14-8-3-2-4-8/h5-6,8,14H,2-4,13H2,1H3. The van der Waals surface area contributed by atoms with Crippen molar-refractivity contribution >= 4 is 23.0 Å². The first-order valence-electron chi connectivity index (χ1n) is 4.99. The van der Waals surface area contributed by atoms with Gasteiger partial charge in [0.2, 0.25) is 0 Å². The molecule has 2 nitrogen and oxygen atoms in total. The van der Waals surface area contributed by atoms with Gasteiger partial charge < -0.3 is 11.1 Å². The molecule has 2 rings (SSSR count). The first-order chi connectivity index (χ1) is 6.66. The molecule has 3 N–H and O–H groups in total. The smallest absolute Gasteiger partial charge is 0.0591 e. The van der Waals surface area contributed by atoms with Crippen LogP contribution in [0.4, 0.5) is 11.4 Å². The van der Waals surface area contributed by atoms with Crippen LogP contribution in [-0.2, 0) is 0 Å². The Hall–Kier alpha value is -0.890. The fourth-order valence-corrected chi connectivity index (χ4v) is 1.77. The molecule has 0 saturated heterocycles. The van der Waals surface area contributed by atoms with E-state index in [-0.39, 0.29) is 0 Å². The Morgan fingerprint density at radius 1 is 1.43 bits per heavy atom. The molecule has 76 valence electrons. The van der Waals surface area contributed by atoms with Crippen LogP contribution < -0.4 is 11.1 Å². The Labute approximate surface area is 89.4 Å². The van der Waals surface area contributed by atoms with E-state index < -0.39 is 0 Å². The summed E-state index contributed by atoms with van der Waals surface area (Å²) >= 11 is 6.03. The molecule has 1 saturated carbocycles. The van der Waals surface area contributed by atoms with Gasteiger partial charge in [0.15, 0.2) is 0 Å². The van der Waals surface area contributed by atoms with E-state index in [4.69, 9.17) is 17.3 Å². The van der Waals surface area contributed by atoms with E-state index in [2.05, 4.69) is 5.32 Å². The summed E-state index contributed by atoms with van der Waals surface area (Å²) in [4.78, 5) is 0. The highest BCUT2D eigenvalue weighted by molar-refractivity contribution is 6.31. The van der Waals surface area contributed by atoms with Gasteiger partial charge in [-0.05, 0) is 43.9 Å². The number of nitrogen functional groups attached to an aromatic ring is 1. The Kier molecular flexibility index (Phi) is 2.55. The van der Waals surface area contributed by atoms with Crippen LogP contribution >= 0.6 is 11.6 Å². The first kappa shape index (κ1) is 9.66. The lowest BCUT2D eigenvalue weighted by molar-refractivity contribution is 0.446. The van der Waals surface area contributed by atoms with Crippen LogP contribution in [0.25, 0.3) is 0 Å². The molecule has 0 heterocycles. The summed E-state index contributed by atoms with van der Waals surface area (Å²) in [6.07, 6.45) is 3.80. The molecule has 0 amide bonds. The lowest BCUT2D eigenvalue weighted by Crippen LogP contribution is -2.27. The summed E-state index contributed by atoms with van der Waals surface area (Å²) in [5, 5.41) is 4.18. The van der Waals surface area contributed by atoms with Crippen molar-refractivity contribution in [3.8, 4) is 0 Å². The van der Waals surface area contributed by atoms with Crippen LogP contribution in [0.15, 0.2) is 12.1 Å². The summed E-state index contributed by atoms with van der Waals surface area (Å²) in [6.45, 7) is 1.96. The zero-order valence-corrected chi connectivity index (χ0v) is 9.06. The Bertz CT molecular complexity index is 345. The van der Waals surface area contributed by atoms with Crippen molar-refractivity contribution in [3.63, 3.8) is 0 Å². The molecule has 0 spiro atoms. The molecule has 1 aliphatic rings. The topological polar surface area (TPSA) is 38.0 Å². The van der Waals surface area contributed by atoms with Gasteiger partial charge >= 0.3 is 0 Å². The van der Waals surface area contributed by atoms with Gasteiger partial charge in [0.05, 0.1) is 11.4 Å². The van der Waals surface area contributed by atoms with Gasteiger partial charge in [-0.25, -0.2) is 0 Å². The minimum Gasteiger partial charge on any atom is -0.397 e. The molecule has 1 aromatic carbocycles. The highest BCUT2D eigenvalue weighted by Gasteiger charge is 2.17. The molecule has 0 radical (unpaired) electrons. The van der Waals surface area contributed by atoms with E-state index in [0.29, 0.717) is 6.04 Å². The summed E-state index contributed by atoms with van der Waals surface area (Å²) < 4.78 is 0. The Morgan fingerprint density at radius 2 is 2.14 bits per heavy atom. The minimum atomic E-state index is 0.594. The molecular weight excluding hydrogens is 196 g/mol. The third-order valence-corrected chi connectivity index (χ3v) is 3.20. The van der Waals surface area contributed by atoms with Crippen LogP contribution in [0, 0.1) is 6.92 Å². The van der Waals surface area contributed by atoms with Crippen LogP contribution in [-0.4, -0.2) is 6.04 Å². The molecule has 0 atom stereocenters. The van der Waals surface area contributed by atoms with Gasteiger partial charge in [-0.15, -0.1) is 0 Å². The van der Waals surface area contributed by atoms with Crippen molar-refractivity contribution in [1.29, 1.82) is 0 Å². The Morgan fingerprint density at radius 3 is 2.71 bits per heavy atom. The van der Waals surface area contributed by atoms with Gasteiger partial charge in [-0.2, -0.15) is 0 Å². The predicted octanol–water partition coefficient (Wildman–Crippen LogP) is 3.20. The van der Waals surface area contributed by atoms with Crippen molar-refractivity contribution < 1.29 is 0 Å². The third kappa shape index (κ3) is 1.80. The molecule has 0 aromatic heterocycles. The summed E-state index contributed by atoms with van der Waals surface area (Å²) in [5.41, 5.74) is 8.69.